The van der Waals surface area contributed by atoms with Crippen LogP contribution < -0.4 is 0 Å². The van der Waals surface area contributed by atoms with Crippen LogP contribution in [0.3, 0.4) is 0 Å². The number of rotatable bonds is 4. The van der Waals surface area contributed by atoms with Crippen molar-refractivity contribution in [2.75, 3.05) is 6.54 Å². The second kappa shape index (κ2) is 6.37. The number of carbonyl (C=O) groups excluding carboxylic acids is 1. The van der Waals surface area contributed by atoms with Crippen molar-refractivity contribution in [3.63, 3.8) is 0 Å². The van der Waals surface area contributed by atoms with Crippen molar-refractivity contribution in [1.29, 1.82) is 0 Å². The molecule has 2 rings (SSSR count). The highest BCUT2D eigenvalue weighted by molar-refractivity contribution is 5.79. The van der Waals surface area contributed by atoms with Crippen molar-refractivity contribution >= 4 is 5.91 Å². The van der Waals surface area contributed by atoms with Crippen LogP contribution in [0.4, 0.5) is 0 Å². The van der Waals surface area contributed by atoms with E-state index in [-0.39, 0.29) is 18.1 Å². The lowest BCUT2D eigenvalue weighted by Gasteiger charge is -2.26. The van der Waals surface area contributed by atoms with E-state index in [0.717, 1.165) is 38.6 Å². The Morgan fingerprint density at radius 2 is 2.33 bits per heavy atom. The summed E-state index contributed by atoms with van der Waals surface area (Å²) < 4.78 is 0. The summed E-state index contributed by atoms with van der Waals surface area (Å²) in [5.41, 5.74) is 1.33. The first-order valence-electron chi connectivity index (χ1n) is 7.32. The van der Waals surface area contributed by atoms with E-state index in [4.69, 9.17) is 0 Å². The van der Waals surface area contributed by atoms with Crippen molar-refractivity contribution in [1.82, 2.24) is 4.90 Å². The summed E-state index contributed by atoms with van der Waals surface area (Å²) in [6, 6.07) is 0.265. The number of allylic oxidation sites excluding steroid dienone is 1. The third-order valence-corrected chi connectivity index (χ3v) is 4.07. The molecule has 0 radical (unpaired) electrons. The van der Waals surface area contributed by atoms with Crippen molar-refractivity contribution in [2.24, 2.45) is 0 Å². The zero-order chi connectivity index (χ0) is 13.0. The molecule has 3 nitrogen and oxygen atoms in total. The van der Waals surface area contributed by atoms with Gasteiger partial charge in [0.05, 0.1) is 6.10 Å². The lowest BCUT2D eigenvalue weighted by Crippen LogP contribution is -2.37. The molecule has 0 aromatic rings. The Morgan fingerprint density at radius 1 is 1.50 bits per heavy atom. The van der Waals surface area contributed by atoms with Gasteiger partial charge in [-0.15, -0.1) is 0 Å². The fourth-order valence-corrected chi connectivity index (χ4v) is 3.16. The molecule has 0 spiro atoms. The number of likely N-dealkylation sites (tertiary alicyclic amines) is 1. The maximum atomic E-state index is 12.3. The molecule has 1 N–H and O–H groups in total. The van der Waals surface area contributed by atoms with Crippen molar-refractivity contribution < 1.29 is 9.90 Å². The Balaban J connectivity index is 1.89. The molecular formula is C15H25NO2. The first kappa shape index (κ1) is 13.6. The standard InChI is InChI=1S/C15H25NO2/c1-12(17)10-14-8-5-9-16(14)15(18)11-13-6-3-2-4-7-13/h6,12,14,17H,2-5,7-11H2,1H3. The Morgan fingerprint density at radius 3 is 3.00 bits per heavy atom. The minimum atomic E-state index is -0.308. The van der Waals surface area contributed by atoms with Crippen LogP contribution in [-0.2, 0) is 4.79 Å². The lowest BCUT2D eigenvalue weighted by atomic mass is 9.96. The van der Waals surface area contributed by atoms with Gasteiger partial charge in [-0.05, 0) is 51.9 Å². The summed E-state index contributed by atoms with van der Waals surface area (Å²) in [5, 5.41) is 9.48. The summed E-state index contributed by atoms with van der Waals surface area (Å²) in [4.78, 5) is 14.3. The van der Waals surface area contributed by atoms with E-state index in [1.165, 1.54) is 18.4 Å². The number of hydrogen-bond acceptors (Lipinski definition) is 2. The van der Waals surface area contributed by atoms with Gasteiger partial charge in [-0.1, -0.05) is 11.6 Å². The minimum absolute atomic E-state index is 0.265. The van der Waals surface area contributed by atoms with Gasteiger partial charge in [0.1, 0.15) is 0 Å². The Kier molecular flexibility index (Phi) is 4.81. The summed E-state index contributed by atoms with van der Waals surface area (Å²) in [6.07, 6.45) is 10.2. The Bertz CT molecular complexity index is 322. The number of aliphatic hydroxyl groups excluding tert-OH is 1. The van der Waals surface area contributed by atoms with Crippen LogP contribution in [0.1, 0.15) is 58.3 Å². The van der Waals surface area contributed by atoms with Gasteiger partial charge < -0.3 is 10.0 Å². The largest absolute Gasteiger partial charge is 0.393 e. The molecule has 1 aliphatic carbocycles. The first-order chi connectivity index (χ1) is 8.66. The van der Waals surface area contributed by atoms with Gasteiger partial charge in [-0.2, -0.15) is 0 Å². The molecule has 1 aliphatic heterocycles. The average Bonchev–Trinajstić information content (AvgIpc) is 2.77. The molecule has 1 fully saturated rings. The number of carbonyl (C=O) groups is 1. The molecule has 0 bridgehead atoms. The predicted molar refractivity (Wildman–Crippen MR) is 72.2 cm³/mol. The number of nitrogens with zero attached hydrogens (tertiary/aromatic N) is 1. The van der Waals surface area contributed by atoms with E-state index in [9.17, 15) is 9.90 Å². The monoisotopic (exact) mass is 251 g/mol. The van der Waals surface area contributed by atoms with Gasteiger partial charge >= 0.3 is 0 Å². The average molecular weight is 251 g/mol. The van der Waals surface area contributed by atoms with E-state index in [2.05, 4.69) is 6.08 Å². The highest BCUT2D eigenvalue weighted by Gasteiger charge is 2.29. The van der Waals surface area contributed by atoms with E-state index in [1.807, 2.05) is 11.8 Å². The molecule has 0 aromatic carbocycles. The maximum Gasteiger partial charge on any atom is 0.226 e. The first-order valence-corrected chi connectivity index (χ1v) is 7.32. The van der Waals surface area contributed by atoms with E-state index in [1.54, 1.807) is 0 Å². The normalized spacial score (nSPS) is 26.0. The molecular weight excluding hydrogens is 226 g/mol. The molecule has 102 valence electrons. The predicted octanol–water partition coefficient (Wildman–Crippen LogP) is 2.64. The zero-order valence-electron chi connectivity index (χ0n) is 11.4. The lowest BCUT2D eigenvalue weighted by molar-refractivity contribution is -0.131. The van der Waals surface area contributed by atoms with Crippen LogP contribution in [0.25, 0.3) is 0 Å². The summed E-state index contributed by atoms with van der Waals surface area (Å²) in [5.74, 6) is 0.270. The van der Waals surface area contributed by atoms with Crippen LogP contribution >= 0.6 is 0 Å². The van der Waals surface area contributed by atoms with Crippen LogP contribution in [0.2, 0.25) is 0 Å². The molecule has 2 unspecified atom stereocenters. The van der Waals surface area contributed by atoms with Crippen LogP contribution in [0.15, 0.2) is 11.6 Å². The van der Waals surface area contributed by atoms with E-state index >= 15 is 0 Å². The fraction of sp³-hybridized carbons (Fsp3) is 0.800. The SMILES string of the molecule is CC(O)CC1CCCN1C(=O)CC1=CCCCC1. The smallest absolute Gasteiger partial charge is 0.226 e. The van der Waals surface area contributed by atoms with Crippen LogP contribution in [-0.4, -0.2) is 34.6 Å². The number of hydrogen-bond donors (Lipinski definition) is 1. The number of amides is 1. The van der Waals surface area contributed by atoms with Gasteiger partial charge in [-0.25, -0.2) is 0 Å². The van der Waals surface area contributed by atoms with Gasteiger partial charge in [0.2, 0.25) is 5.91 Å². The second-order valence-electron chi connectivity index (χ2n) is 5.75. The highest BCUT2D eigenvalue weighted by Crippen LogP contribution is 2.26. The molecule has 1 heterocycles. The molecule has 2 atom stereocenters. The van der Waals surface area contributed by atoms with Crippen molar-refractivity contribution in [3.05, 3.63) is 11.6 Å². The van der Waals surface area contributed by atoms with Gasteiger partial charge in [0.15, 0.2) is 0 Å². The van der Waals surface area contributed by atoms with E-state index < -0.39 is 0 Å². The minimum Gasteiger partial charge on any atom is -0.393 e. The summed E-state index contributed by atoms with van der Waals surface area (Å²) >= 11 is 0. The zero-order valence-corrected chi connectivity index (χ0v) is 11.4. The highest BCUT2D eigenvalue weighted by atomic mass is 16.3. The number of aliphatic hydroxyl groups is 1. The molecule has 3 heteroatoms. The third kappa shape index (κ3) is 3.58. The molecule has 0 saturated carbocycles. The molecule has 2 aliphatic rings. The molecule has 1 saturated heterocycles. The summed E-state index contributed by atoms with van der Waals surface area (Å²) in [6.45, 7) is 2.69. The Labute approximate surface area is 110 Å². The molecule has 18 heavy (non-hydrogen) atoms. The van der Waals surface area contributed by atoms with Crippen molar-refractivity contribution in [2.45, 2.75) is 70.4 Å². The van der Waals surface area contributed by atoms with Gasteiger partial charge in [0, 0.05) is 19.0 Å². The maximum absolute atomic E-state index is 12.3. The topological polar surface area (TPSA) is 40.5 Å². The van der Waals surface area contributed by atoms with E-state index in [0.29, 0.717) is 6.42 Å². The van der Waals surface area contributed by atoms with Crippen LogP contribution in [0, 0.1) is 0 Å². The summed E-state index contributed by atoms with van der Waals surface area (Å²) in [7, 11) is 0. The fourth-order valence-electron chi connectivity index (χ4n) is 3.16. The molecule has 0 aromatic heterocycles. The second-order valence-corrected chi connectivity index (χ2v) is 5.75. The van der Waals surface area contributed by atoms with Crippen LogP contribution in [0.5, 0.6) is 0 Å². The third-order valence-electron chi connectivity index (χ3n) is 4.07. The Hall–Kier alpha value is -0.830. The quantitative estimate of drug-likeness (QED) is 0.780. The molecule has 1 amide bonds. The van der Waals surface area contributed by atoms with Crippen molar-refractivity contribution in [3.8, 4) is 0 Å². The van der Waals surface area contributed by atoms with Gasteiger partial charge in [0.25, 0.3) is 0 Å². The van der Waals surface area contributed by atoms with Gasteiger partial charge in [-0.3, -0.25) is 4.79 Å².